The Balaban J connectivity index is 1.34. The first-order valence-electron chi connectivity index (χ1n) is 21.3. The van der Waals surface area contributed by atoms with Crippen LogP contribution in [0.3, 0.4) is 0 Å². The number of ether oxygens (including phenoxy) is 6. The number of ketones is 1. The van der Waals surface area contributed by atoms with Crippen molar-refractivity contribution in [2.45, 2.75) is 199 Å². The van der Waals surface area contributed by atoms with Crippen molar-refractivity contribution in [1.82, 2.24) is 0 Å². The summed E-state index contributed by atoms with van der Waals surface area (Å²) in [7, 11) is 0. The Hall–Kier alpha value is -1.93. The topological polar surface area (TPSA) is 167 Å². The molecule has 5 heterocycles. The summed E-state index contributed by atoms with van der Waals surface area (Å²) in [5.41, 5.74) is -0.886. The predicted octanol–water partition coefficient (Wildman–Crippen LogP) is 6.37. The molecule has 0 amide bonds. The summed E-state index contributed by atoms with van der Waals surface area (Å²) >= 11 is 0. The highest BCUT2D eigenvalue weighted by Gasteiger charge is 2.61. The van der Waals surface area contributed by atoms with Crippen molar-refractivity contribution in [3.8, 4) is 0 Å². The monoisotopic (exact) mass is 778 g/mol. The second-order valence-corrected chi connectivity index (χ2v) is 17.8. The number of carbonyl (C=O) groups excluding carboxylic acids is 2. The van der Waals surface area contributed by atoms with Crippen LogP contribution in [0.4, 0.5) is 0 Å². The van der Waals surface area contributed by atoms with Gasteiger partial charge in [-0.25, -0.2) is 0 Å². The Morgan fingerprint density at radius 1 is 0.873 bits per heavy atom. The van der Waals surface area contributed by atoms with Gasteiger partial charge in [-0.1, -0.05) is 55.4 Å². The van der Waals surface area contributed by atoms with Gasteiger partial charge < -0.3 is 43.7 Å². The van der Waals surface area contributed by atoms with Gasteiger partial charge >= 0.3 is 11.9 Å². The average Bonchev–Trinajstić information content (AvgIpc) is 3.56. The van der Waals surface area contributed by atoms with Crippen molar-refractivity contribution in [1.29, 1.82) is 0 Å². The number of Topliss-reactive ketones (excluding diaryl/α,β-unsaturated/α-hetero) is 1. The van der Waals surface area contributed by atoms with E-state index in [0.717, 1.165) is 6.42 Å². The third-order valence-electron chi connectivity index (χ3n) is 14.2. The van der Waals surface area contributed by atoms with Gasteiger partial charge in [-0.15, -0.1) is 0 Å². The number of aliphatic hydroxyl groups is 2. The van der Waals surface area contributed by atoms with Gasteiger partial charge in [-0.2, -0.15) is 0 Å². The van der Waals surface area contributed by atoms with Crippen LogP contribution >= 0.6 is 0 Å². The number of carbonyl (C=O) groups is 3. The molecule has 0 saturated carbocycles. The molecule has 12 heteroatoms. The highest BCUT2D eigenvalue weighted by atomic mass is 16.8. The first-order chi connectivity index (χ1) is 25.9. The van der Waals surface area contributed by atoms with Crippen LogP contribution in [0.5, 0.6) is 0 Å². The molecular formula is C43H70O12. The summed E-state index contributed by atoms with van der Waals surface area (Å²) in [6.45, 7) is 18.9. The van der Waals surface area contributed by atoms with Crippen LogP contribution in [0.25, 0.3) is 0 Å². The summed E-state index contributed by atoms with van der Waals surface area (Å²) in [4.78, 5) is 38.8. The van der Waals surface area contributed by atoms with Crippen LogP contribution in [-0.4, -0.2) is 99.0 Å². The van der Waals surface area contributed by atoms with Crippen molar-refractivity contribution in [3.63, 3.8) is 0 Å². The normalized spacial score (nSPS) is 43.4. The molecule has 4 fully saturated rings. The fraction of sp³-hybridized carbons (Fsp3) is 0.884. The maximum Gasteiger partial charge on any atom is 0.309 e. The summed E-state index contributed by atoms with van der Waals surface area (Å²) in [5.74, 6) is -6.38. The van der Waals surface area contributed by atoms with Crippen LogP contribution in [0, 0.1) is 41.4 Å². The van der Waals surface area contributed by atoms with E-state index in [2.05, 4.69) is 20.8 Å². The van der Waals surface area contributed by atoms with Crippen molar-refractivity contribution >= 4 is 17.7 Å². The van der Waals surface area contributed by atoms with Crippen molar-refractivity contribution in [3.05, 3.63) is 12.2 Å². The van der Waals surface area contributed by atoms with E-state index in [-0.39, 0.29) is 48.0 Å². The predicted molar refractivity (Wildman–Crippen MR) is 204 cm³/mol. The van der Waals surface area contributed by atoms with Crippen LogP contribution in [0.15, 0.2) is 12.2 Å². The molecule has 5 aliphatic heterocycles. The number of hydrogen-bond donors (Lipinski definition) is 3. The van der Waals surface area contributed by atoms with Gasteiger partial charge in [0.25, 0.3) is 0 Å². The lowest BCUT2D eigenvalue weighted by Crippen LogP contribution is -2.62. The van der Waals surface area contributed by atoms with E-state index in [1.165, 1.54) is 6.92 Å². The number of carboxylic acid groups (broad SMARTS) is 1. The van der Waals surface area contributed by atoms with Crippen LogP contribution in [0.1, 0.15) is 133 Å². The van der Waals surface area contributed by atoms with E-state index in [4.69, 9.17) is 28.4 Å². The summed E-state index contributed by atoms with van der Waals surface area (Å²) in [6.07, 6.45) is 5.37. The third kappa shape index (κ3) is 8.76. The van der Waals surface area contributed by atoms with Gasteiger partial charge in [0, 0.05) is 37.0 Å². The molecule has 314 valence electrons. The number of aliphatic hydroxyl groups excluding tert-OH is 1. The smallest absolute Gasteiger partial charge is 0.309 e. The Morgan fingerprint density at radius 2 is 1.55 bits per heavy atom. The Kier molecular flexibility index (Phi) is 14.1. The first-order valence-corrected chi connectivity index (χ1v) is 21.3. The molecule has 2 unspecified atom stereocenters. The van der Waals surface area contributed by atoms with Gasteiger partial charge in [-0.05, 0) is 88.7 Å². The van der Waals surface area contributed by atoms with Crippen molar-refractivity contribution in [2.75, 3.05) is 0 Å². The molecule has 0 radical (unpaired) electrons. The second kappa shape index (κ2) is 17.5. The minimum Gasteiger partial charge on any atom is -0.481 e. The fourth-order valence-corrected chi connectivity index (χ4v) is 10.5. The first kappa shape index (κ1) is 44.2. The number of hydrogen-bond acceptors (Lipinski definition) is 11. The number of rotatable bonds is 13. The Labute approximate surface area is 328 Å². The van der Waals surface area contributed by atoms with E-state index in [9.17, 15) is 29.7 Å². The molecule has 4 saturated heterocycles. The maximum absolute atomic E-state index is 14.5. The molecular weight excluding hydrogens is 708 g/mol. The zero-order valence-corrected chi connectivity index (χ0v) is 34.9. The van der Waals surface area contributed by atoms with Gasteiger partial charge in [0.15, 0.2) is 11.9 Å². The molecule has 3 N–H and O–H groups in total. The largest absolute Gasteiger partial charge is 0.481 e. The lowest BCUT2D eigenvalue weighted by molar-refractivity contribution is -0.401. The van der Waals surface area contributed by atoms with E-state index < -0.39 is 77.2 Å². The molecule has 5 aliphatic rings. The molecule has 0 bridgehead atoms. The minimum absolute atomic E-state index is 0.00780. The van der Waals surface area contributed by atoms with Crippen LogP contribution in [0.2, 0.25) is 0 Å². The summed E-state index contributed by atoms with van der Waals surface area (Å²) in [6, 6.07) is 0. The Bertz CT molecular complexity index is 1390. The van der Waals surface area contributed by atoms with Crippen molar-refractivity contribution in [2.24, 2.45) is 41.4 Å². The van der Waals surface area contributed by atoms with Crippen LogP contribution < -0.4 is 0 Å². The maximum atomic E-state index is 14.5. The number of carboxylic acids is 1. The third-order valence-corrected chi connectivity index (χ3v) is 14.2. The summed E-state index contributed by atoms with van der Waals surface area (Å²) < 4.78 is 39.4. The highest BCUT2D eigenvalue weighted by molar-refractivity contribution is 5.84. The Morgan fingerprint density at radius 3 is 2.15 bits per heavy atom. The average molecular weight is 779 g/mol. The molecule has 0 aromatic rings. The zero-order valence-electron chi connectivity index (χ0n) is 34.9. The molecule has 0 aromatic carbocycles. The lowest BCUT2D eigenvalue weighted by atomic mass is 9.72. The lowest BCUT2D eigenvalue weighted by Gasteiger charge is -2.54. The quantitative estimate of drug-likeness (QED) is 0.140. The summed E-state index contributed by atoms with van der Waals surface area (Å²) in [5, 5.41) is 32.6. The van der Waals surface area contributed by atoms with Gasteiger partial charge in [0.1, 0.15) is 5.78 Å². The van der Waals surface area contributed by atoms with E-state index >= 15 is 0 Å². The fourth-order valence-electron chi connectivity index (χ4n) is 10.5. The number of aliphatic carboxylic acids is 1. The second-order valence-electron chi connectivity index (χ2n) is 17.8. The van der Waals surface area contributed by atoms with Gasteiger partial charge in [0.2, 0.25) is 5.79 Å². The standard InChI is InChI=1S/C43H70O12/c1-11-30(40(47)48)32-15-14-23(4)38(52-32)27(8)36(45)26(7)37(46)31(12-2)39-24(5)22-25(6)42(54-39)21-18-35(51-29(10)44)43(55-42)20-17-34(53-43)33-16-19-41(49,13-3)28(9)50-33/h18,21,23-28,30-36,38-39,45,49H,11-17,19-20,22H2,1-10H3,(H,47,48)/t23-,24-,25+,26-,27-,28-,30+,31?,32+,33+,34?,35-,36+,38+,39-,41+,42-,43-/m0/s1. The van der Waals surface area contributed by atoms with Gasteiger partial charge in [0.05, 0.1) is 54.2 Å². The molecule has 55 heavy (non-hydrogen) atoms. The molecule has 2 spiro atoms. The SMILES string of the molecule is CCC(C(=O)[C@@H](C)[C@@H](O)[C@H](C)[C@@H]1O[C@@H]([C@@H](CC)C(=O)O)CC[C@@H]1C)[C@H]1O[C@]2(C=C[C@H](OC(C)=O)[C@]3(CCC([C@H]4CC[C@](O)(CC)[C@H](C)O4)O3)O2)[C@H](C)C[C@@H]1C. The number of esters is 1. The molecule has 0 aromatic heterocycles. The van der Waals surface area contributed by atoms with E-state index in [1.807, 2.05) is 40.7 Å². The molecule has 0 aliphatic carbocycles. The molecule has 18 atom stereocenters. The minimum atomic E-state index is -1.34. The van der Waals surface area contributed by atoms with Gasteiger partial charge in [-0.3, -0.25) is 14.4 Å². The van der Waals surface area contributed by atoms with E-state index in [1.54, 1.807) is 13.0 Å². The molecule has 12 nitrogen and oxygen atoms in total. The van der Waals surface area contributed by atoms with Crippen LogP contribution in [-0.2, 0) is 42.8 Å². The molecule has 5 rings (SSSR count). The highest BCUT2D eigenvalue weighted by Crippen LogP contribution is 2.52. The van der Waals surface area contributed by atoms with E-state index in [0.29, 0.717) is 57.8 Å². The zero-order chi connectivity index (χ0) is 40.6. The van der Waals surface area contributed by atoms with Crippen molar-refractivity contribution < 1.29 is 58.1 Å².